The van der Waals surface area contributed by atoms with Gasteiger partial charge in [-0.05, 0) is 70.3 Å². The first-order chi connectivity index (χ1) is 18.6. The van der Waals surface area contributed by atoms with Crippen LogP contribution in [0.15, 0.2) is 18.5 Å². The Morgan fingerprint density at radius 1 is 0.949 bits per heavy atom. The van der Waals surface area contributed by atoms with Crippen LogP contribution in [0, 0.1) is 0 Å². The van der Waals surface area contributed by atoms with Gasteiger partial charge in [-0.2, -0.15) is 31.8 Å². The fourth-order valence-electron chi connectivity index (χ4n) is 5.18. The molecule has 0 saturated carbocycles. The largest absolute Gasteiger partial charge is 0.534 e. The molecule has 4 heterocycles. The Hall–Kier alpha value is -2.71. The van der Waals surface area contributed by atoms with Gasteiger partial charge in [0.1, 0.15) is 18.2 Å². The smallest absolute Gasteiger partial charge is 0.376 e. The molecule has 6 rings (SSSR count). The summed E-state index contributed by atoms with van der Waals surface area (Å²) in [6, 6.07) is 0. The fraction of sp³-hybridized carbons (Fsp3) is 0.640. The van der Waals surface area contributed by atoms with Crippen LogP contribution in [0.25, 0.3) is 5.76 Å². The molecule has 0 aromatic carbocycles. The fourth-order valence-corrected chi connectivity index (χ4v) is 5.67. The van der Waals surface area contributed by atoms with Crippen molar-refractivity contribution in [3.05, 3.63) is 41.0 Å². The second-order valence-corrected chi connectivity index (χ2v) is 11.5. The quantitative estimate of drug-likeness (QED) is 0.378. The number of Topliss-reactive ketones (excluding diaryl/α,β-unsaturated/α-hetero) is 1. The lowest BCUT2D eigenvalue weighted by Crippen LogP contribution is -2.25. The van der Waals surface area contributed by atoms with E-state index in [1.54, 1.807) is 6.20 Å². The second-order valence-electron chi connectivity index (χ2n) is 9.93. The molecule has 0 N–H and O–H groups in total. The van der Waals surface area contributed by atoms with E-state index in [2.05, 4.69) is 14.4 Å². The summed E-state index contributed by atoms with van der Waals surface area (Å²) in [4.78, 5) is 11.7. The molecule has 14 heteroatoms. The van der Waals surface area contributed by atoms with Crippen molar-refractivity contribution in [2.75, 3.05) is 13.2 Å². The molecule has 0 bridgehead atoms. The lowest BCUT2D eigenvalue weighted by molar-refractivity contribution is -0.0509. The third-order valence-electron chi connectivity index (χ3n) is 7.16. The molecule has 2 aliphatic heterocycles. The number of halogens is 3. The van der Waals surface area contributed by atoms with Crippen molar-refractivity contribution < 1.29 is 40.0 Å². The number of aryl methyl sites for hydroxylation is 1. The van der Waals surface area contributed by atoms with Gasteiger partial charge >= 0.3 is 15.6 Å². The first-order valence-electron chi connectivity index (χ1n) is 13.3. The van der Waals surface area contributed by atoms with Gasteiger partial charge in [-0.15, -0.1) is 0 Å². The molecule has 39 heavy (non-hydrogen) atoms. The molecule has 2 aromatic rings. The number of ether oxygens (including phenoxy) is 2. The predicted octanol–water partition coefficient (Wildman–Crippen LogP) is 4.84. The summed E-state index contributed by atoms with van der Waals surface area (Å²) in [6.45, 7) is 1.41. The number of rotatable bonds is 4. The summed E-state index contributed by atoms with van der Waals surface area (Å²) in [5, 5.41) is 8.65. The number of alkyl halides is 3. The number of allylic oxidation sites excluding steroid dienone is 1. The molecular weight excluding hydrogens is 541 g/mol. The number of fused-ring (bicyclic) bond motifs is 2. The SMILES string of the molecule is O=C1CCCc2c1cnn2C1CCCCO1.O=S(=O)(OC1=CCCc2nn(C3CCCCO3)cc21)C(F)(F)F. The third-order valence-corrected chi connectivity index (χ3v) is 8.13. The van der Waals surface area contributed by atoms with Gasteiger partial charge in [-0.1, -0.05) is 0 Å². The van der Waals surface area contributed by atoms with Crippen LogP contribution in [0.3, 0.4) is 0 Å². The topological polar surface area (TPSA) is 115 Å². The van der Waals surface area contributed by atoms with Crippen molar-refractivity contribution in [3.63, 3.8) is 0 Å². The van der Waals surface area contributed by atoms with E-state index in [9.17, 15) is 26.4 Å². The van der Waals surface area contributed by atoms with E-state index in [1.165, 1.54) is 23.4 Å². The molecular formula is C25H31F3N4O6S. The number of carbonyl (C=O) groups is 1. The molecule has 2 fully saturated rings. The van der Waals surface area contributed by atoms with E-state index in [1.807, 2.05) is 4.68 Å². The van der Waals surface area contributed by atoms with Crippen LogP contribution in [-0.4, -0.2) is 52.5 Å². The molecule has 0 spiro atoms. The highest BCUT2D eigenvalue weighted by Crippen LogP contribution is 2.35. The average Bonchev–Trinajstić information content (AvgIpc) is 3.56. The van der Waals surface area contributed by atoms with Crippen LogP contribution >= 0.6 is 0 Å². The maximum absolute atomic E-state index is 12.5. The normalized spacial score (nSPS) is 23.7. The zero-order chi connectivity index (χ0) is 27.6. The first-order valence-corrected chi connectivity index (χ1v) is 14.7. The van der Waals surface area contributed by atoms with E-state index in [0.717, 1.165) is 62.8 Å². The molecule has 2 aliphatic carbocycles. The summed E-state index contributed by atoms with van der Waals surface area (Å²) in [6.07, 6.45) is 13.8. The zero-order valence-corrected chi connectivity index (χ0v) is 22.2. The van der Waals surface area contributed by atoms with Crippen molar-refractivity contribution >= 4 is 21.7 Å². The molecule has 4 aliphatic rings. The molecule has 0 radical (unpaired) electrons. The van der Waals surface area contributed by atoms with Crippen LogP contribution in [0.5, 0.6) is 0 Å². The molecule has 0 amide bonds. The van der Waals surface area contributed by atoms with Gasteiger partial charge in [-0.3, -0.25) is 4.79 Å². The number of aromatic nitrogens is 4. The van der Waals surface area contributed by atoms with Crippen LogP contribution in [-0.2, 0) is 36.6 Å². The van der Waals surface area contributed by atoms with Crippen LogP contribution in [0.1, 0.15) is 97.6 Å². The Labute approximate surface area is 224 Å². The minimum atomic E-state index is -5.69. The van der Waals surface area contributed by atoms with E-state index in [-0.39, 0.29) is 29.6 Å². The summed E-state index contributed by atoms with van der Waals surface area (Å²) in [7, 11) is -5.69. The highest BCUT2D eigenvalue weighted by molar-refractivity contribution is 7.87. The standard InChI is InChI=1S/C13H15F3N2O4S.C12H16N2O2/c14-13(15,16)23(19,20)22-11-5-3-4-10-9(11)8-18(17-10)12-6-1-2-7-21-12;15-11-5-3-4-10-9(11)8-13-14(10)12-6-1-2-7-16-12/h5,8,12H,1-4,6-7H2;8,12H,1-7H2. The van der Waals surface area contributed by atoms with Crippen molar-refractivity contribution in [2.24, 2.45) is 0 Å². The van der Waals surface area contributed by atoms with Gasteiger partial charge in [0.25, 0.3) is 0 Å². The Bertz CT molecular complexity index is 1320. The lowest BCUT2D eigenvalue weighted by Gasteiger charge is -2.25. The van der Waals surface area contributed by atoms with E-state index in [4.69, 9.17) is 9.47 Å². The Morgan fingerprint density at radius 3 is 2.33 bits per heavy atom. The third kappa shape index (κ3) is 6.07. The predicted molar refractivity (Wildman–Crippen MR) is 132 cm³/mol. The first kappa shape index (κ1) is 27.8. The summed E-state index contributed by atoms with van der Waals surface area (Å²) >= 11 is 0. The van der Waals surface area contributed by atoms with Crippen LogP contribution in [0.4, 0.5) is 13.2 Å². The monoisotopic (exact) mass is 572 g/mol. The van der Waals surface area contributed by atoms with Gasteiger partial charge < -0.3 is 13.7 Å². The molecule has 2 unspecified atom stereocenters. The summed E-state index contributed by atoms with van der Waals surface area (Å²) in [5.41, 5.74) is -2.79. The number of carbonyl (C=O) groups excluding carboxylic acids is 1. The van der Waals surface area contributed by atoms with Gasteiger partial charge in [0, 0.05) is 25.8 Å². The Morgan fingerprint density at radius 2 is 1.67 bits per heavy atom. The molecule has 2 saturated heterocycles. The van der Waals surface area contributed by atoms with Crippen LogP contribution in [0.2, 0.25) is 0 Å². The van der Waals surface area contributed by atoms with Crippen molar-refractivity contribution in [1.29, 1.82) is 0 Å². The highest BCUT2D eigenvalue weighted by atomic mass is 32.2. The highest BCUT2D eigenvalue weighted by Gasteiger charge is 2.49. The number of nitrogens with zero attached hydrogens (tertiary/aromatic N) is 4. The van der Waals surface area contributed by atoms with E-state index in [0.29, 0.717) is 31.6 Å². The van der Waals surface area contributed by atoms with E-state index >= 15 is 0 Å². The summed E-state index contributed by atoms with van der Waals surface area (Å²) in [5.74, 6) is -0.0889. The second kappa shape index (κ2) is 11.4. The minimum absolute atomic E-state index is 0.0587. The lowest BCUT2D eigenvalue weighted by atomic mass is 9.97. The van der Waals surface area contributed by atoms with Crippen molar-refractivity contribution in [2.45, 2.75) is 88.6 Å². The molecule has 2 aromatic heterocycles. The van der Waals surface area contributed by atoms with Crippen molar-refractivity contribution in [1.82, 2.24) is 19.6 Å². The van der Waals surface area contributed by atoms with Crippen LogP contribution < -0.4 is 0 Å². The molecule has 2 atom stereocenters. The Kier molecular flexibility index (Phi) is 8.15. The zero-order valence-electron chi connectivity index (χ0n) is 21.4. The van der Waals surface area contributed by atoms with Gasteiger partial charge in [-0.25, -0.2) is 9.36 Å². The van der Waals surface area contributed by atoms with Gasteiger partial charge in [0.15, 0.2) is 5.78 Å². The van der Waals surface area contributed by atoms with Gasteiger partial charge in [0.2, 0.25) is 0 Å². The maximum Gasteiger partial charge on any atom is 0.534 e. The van der Waals surface area contributed by atoms with Gasteiger partial charge in [0.05, 0.1) is 28.7 Å². The Balaban J connectivity index is 0.000000168. The summed E-state index contributed by atoms with van der Waals surface area (Å²) < 4.78 is 78.9. The average molecular weight is 573 g/mol. The number of ketones is 1. The minimum Gasteiger partial charge on any atom is -0.376 e. The maximum atomic E-state index is 12.5. The number of hydrogen-bond donors (Lipinski definition) is 0. The van der Waals surface area contributed by atoms with Crippen molar-refractivity contribution in [3.8, 4) is 0 Å². The molecule has 10 nitrogen and oxygen atoms in total. The number of hydrogen-bond acceptors (Lipinski definition) is 8. The molecule has 214 valence electrons. The van der Waals surface area contributed by atoms with E-state index < -0.39 is 15.6 Å².